The van der Waals surface area contributed by atoms with Crippen LogP contribution in [-0.4, -0.2) is 38.8 Å². The van der Waals surface area contributed by atoms with E-state index < -0.39 is 10.0 Å². The number of anilines is 1. The molecule has 1 aromatic carbocycles. The Morgan fingerprint density at radius 1 is 1.33 bits per heavy atom. The first-order valence-electron chi connectivity index (χ1n) is 8.51. The summed E-state index contributed by atoms with van der Waals surface area (Å²) in [6, 6.07) is 6.77. The monoisotopic (exact) mass is 428 g/mol. The van der Waals surface area contributed by atoms with Gasteiger partial charge in [0.1, 0.15) is 9.96 Å². The number of hydrogen-bond donors (Lipinski definition) is 1. The van der Waals surface area contributed by atoms with Gasteiger partial charge in [-0.15, -0.1) is 11.3 Å². The van der Waals surface area contributed by atoms with Crippen molar-refractivity contribution in [1.29, 1.82) is 0 Å². The van der Waals surface area contributed by atoms with Gasteiger partial charge in [-0.2, -0.15) is 4.31 Å². The minimum absolute atomic E-state index is 0.136. The highest BCUT2D eigenvalue weighted by Gasteiger charge is 2.32. The lowest BCUT2D eigenvalue weighted by molar-refractivity contribution is -0.120. The van der Waals surface area contributed by atoms with Gasteiger partial charge in [0.05, 0.1) is 12.8 Å². The number of piperidine rings is 1. The molecule has 3 rings (SSSR count). The van der Waals surface area contributed by atoms with Crippen LogP contribution < -0.4 is 10.1 Å². The number of methoxy groups -OCH3 is 1. The molecule has 2 aromatic rings. The van der Waals surface area contributed by atoms with Gasteiger partial charge in [0, 0.05) is 30.1 Å². The summed E-state index contributed by atoms with van der Waals surface area (Å²) in [6.07, 6.45) is 0.955. The van der Waals surface area contributed by atoms with Crippen molar-refractivity contribution in [3.63, 3.8) is 0 Å². The maximum atomic E-state index is 12.7. The molecule has 1 amide bonds. The summed E-state index contributed by atoms with van der Waals surface area (Å²) in [5.74, 6) is 0.111. The number of halogens is 1. The van der Waals surface area contributed by atoms with Crippen LogP contribution in [0.3, 0.4) is 0 Å². The lowest BCUT2D eigenvalue weighted by atomic mass is 9.97. The molecule has 1 aliphatic rings. The average molecular weight is 429 g/mol. The number of benzene rings is 1. The molecule has 27 heavy (non-hydrogen) atoms. The van der Waals surface area contributed by atoms with Crippen LogP contribution in [0.25, 0.3) is 0 Å². The summed E-state index contributed by atoms with van der Waals surface area (Å²) in [4.78, 5) is 12.7. The van der Waals surface area contributed by atoms with Gasteiger partial charge in [0.2, 0.25) is 5.91 Å². The number of thiophene rings is 1. The highest BCUT2D eigenvalue weighted by molar-refractivity contribution is 7.91. The molecule has 1 saturated heterocycles. The minimum Gasteiger partial charge on any atom is -0.495 e. The molecule has 1 aliphatic heterocycles. The summed E-state index contributed by atoms with van der Waals surface area (Å²) in [7, 11) is -1.94. The fourth-order valence-corrected chi connectivity index (χ4v) is 5.83. The van der Waals surface area contributed by atoms with Crippen molar-refractivity contribution in [2.45, 2.75) is 24.0 Å². The van der Waals surface area contributed by atoms with Crippen molar-refractivity contribution < 1.29 is 17.9 Å². The third-order valence-electron chi connectivity index (χ3n) is 4.65. The zero-order valence-corrected chi connectivity index (χ0v) is 17.5. The molecular formula is C18H21ClN2O4S2. The molecule has 0 bridgehead atoms. The number of sulfonamides is 1. The molecule has 1 fully saturated rings. The largest absolute Gasteiger partial charge is 0.495 e. The van der Waals surface area contributed by atoms with E-state index >= 15 is 0 Å². The van der Waals surface area contributed by atoms with E-state index in [0.717, 1.165) is 5.56 Å². The molecule has 0 spiro atoms. The lowest BCUT2D eigenvalue weighted by Gasteiger charge is -2.30. The Balaban J connectivity index is 1.65. The molecule has 0 unspecified atom stereocenters. The molecule has 146 valence electrons. The summed E-state index contributed by atoms with van der Waals surface area (Å²) < 4.78 is 32.2. The number of carbonyl (C=O) groups is 1. The first-order valence-corrected chi connectivity index (χ1v) is 11.2. The van der Waals surface area contributed by atoms with Crippen LogP contribution in [0.2, 0.25) is 5.02 Å². The lowest BCUT2D eigenvalue weighted by Crippen LogP contribution is -2.41. The van der Waals surface area contributed by atoms with E-state index in [1.807, 2.05) is 6.92 Å². The fraction of sp³-hybridized carbons (Fsp3) is 0.389. The van der Waals surface area contributed by atoms with Crippen molar-refractivity contribution in [2.75, 3.05) is 25.5 Å². The molecule has 0 radical (unpaired) electrons. The van der Waals surface area contributed by atoms with E-state index in [2.05, 4.69) is 5.32 Å². The Hall–Kier alpha value is -1.61. The predicted octanol–water partition coefficient (Wildman–Crippen LogP) is 3.76. The van der Waals surface area contributed by atoms with Crippen molar-refractivity contribution >= 4 is 44.6 Å². The van der Waals surface area contributed by atoms with Gasteiger partial charge in [-0.3, -0.25) is 4.79 Å². The Labute approximate surface area is 168 Å². The summed E-state index contributed by atoms with van der Waals surface area (Å²) in [5.41, 5.74) is 1.41. The van der Waals surface area contributed by atoms with Gasteiger partial charge < -0.3 is 10.1 Å². The van der Waals surface area contributed by atoms with Gasteiger partial charge in [0.25, 0.3) is 10.0 Å². The first kappa shape index (κ1) is 20.1. The molecule has 9 heteroatoms. The zero-order valence-electron chi connectivity index (χ0n) is 15.1. The first-order chi connectivity index (χ1) is 12.8. The number of aryl methyl sites for hydroxylation is 1. The normalized spacial score (nSPS) is 16.3. The van der Waals surface area contributed by atoms with E-state index in [1.165, 1.54) is 22.8 Å². The quantitative estimate of drug-likeness (QED) is 0.786. The average Bonchev–Trinajstić information content (AvgIpc) is 3.20. The van der Waals surface area contributed by atoms with E-state index in [0.29, 0.717) is 46.6 Å². The van der Waals surface area contributed by atoms with Crippen molar-refractivity contribution in [3.8, 4) is 5.75 Å². The van der Waals surface area contributed by atoms with Gasteiger partial charge in [0.15, 0.2) is 0 Å². The Bertz CT molecular complexity index is 921. The van der Waals surface area contributed by atoms with Crippen LogP contribution >= 0.6 is 22.9 Å². The predicted molar refractivity (Wildman–Crippen MR) is 107 cm³/mol. The number of nitrogens with one attached hydrogen (secondary N) is 1. The number of rotatable bonds is 5. The maximum Gasteiger partial charge on any atom is 0.252 e. The van der Waals surface area contributed by atoms with Crippen LogP contribution in [0.5, 0.6) is 5.75 Å². The SMILES string of the molecule is COc1cc(Cl)c(C)cc1NC(=O)C1CCN(S(=O)(=O)c2cccs2)CC1. The van der Waals surface area contributed by atoms with Crippen molar-refractivity contribution in [1.82, 2.24) is 4.31 Å². The maximum absolute atomic E-state index is 12.7. The third-order valence-corrected chi connectivity index (χ3v) is 8.33. The van der Waals surface area contributed by atoms with E-state index in [4.69, 9.17) is 16.3 Å². The minimum atomic E-state index is -3.46. The van der Waals surface area contributed by atoms with Crippen LogP contribution in [0, 0.1) is 12.8 Å². The topological polar surface area (TPSA) is 75.7 Å². The Kier molecular flexibility index (Phi) is 6.10. The standard InChI is InChI=1S/C18H21ClN2O4S2/c1-12-10-15(16(25-2)11-14(12)19)20-18(22)13-5-7-21(8-6-13)27(23,24)17-4-3-9-26-17/h3-4,9-11,13H,5-8H2,1-2H3,(H,20,22). The number of amides is 1. The second-order valence-electron chi connectivity index (χ2n) is 6.40. The van der Waals surface area contributed by atoms with Gasteiger partial charge in [-0.1, -0.05) is 17.7 Å². The highest BCUT2D eigenvalue weighted by Crippen LogP contribution is 2.32. The zero-order chi connectivity index (χ0) is 19.6. The summed E-state index contributed by atoms with van der Waals surface area (Å²) in [6.45, 7) is 2.51. The Morgan fingerprint density at radius 3 is 2.63 bits per heavy atom. The number of ether oxygens (including phenoxy) is 1. The third kappa shape index (κ3) is 4.29. The highest BCUT2D eigenvalue weighted by atomic mass is 35.5. The second kappa shape index (κ2) is 8.18. The summed E-state index contributed by atoms with van der Waals surface area (Å²) >= 11 is 7.30. The van der Waals surface area contributed by atoms with Crippen LogP contribution in [0.4, 0.5) is 5.69 Å². The fourth-order valence-electron chi connectivity index (χ4n) is 3.06. The van der Waals surface area contributed by atoms with Crippen LogP contribution in [0.1, 0.15) is 18.4 Å². The second-order valence-corrected chi connectivity index (χ2v) is 9.92. The smallest absolute Gasteiger partial charge is 0.252 e. The van der Waals surface area contributed by atoms with Gasteiger partial charge >= 0.3 is 0 Å². The molecule has 2 heterocycles. The van der Waals surface area contributed by atoms with Crippen LogP contribution in [0.15, 0.2) is 33.9 Å². The van der Waals surface area contributed by atoms with E-state index in [9.17, 15) is 13.2 Å². The number of carbonyl (C=O) groups excluding carboxylic acids is 1. The van der Waals surface area contributed by atoms with Crippen molar-refractivity contribution in [2.24, 2.45) is 5.92 Å². The molecule has 0 aliphatic carbocycles. The molecule has 0 atom stereocenters. The summed E-state index contributed by atoms with van der Waals surface area (Å²) in [5, 5.41) is 5.20. The Morgan fingerprint density at radius 2 is 2.04 bits per heavy atom. The van der Waals surface area contributed by atoms with E-state index in [-0.39, 0.29) is 11.8 Å². The molecule has 1 N–H and O–H groups in total. The molecular weight excluding hydrogens is 408 g/mol. The number of nitrogens with zero attached hydrogens (tertiary/aromatic N) is 1. The molecule has 6 nitrogen and oxygen atoms in total. The van der Waals surface area contributed by atoms with Gasteiger partial charge in [-0.25, -0.2) is 8.42 Å². The van der Waals surface area contributed by atoms with Crippen molar-refractivity contribution in [3.05, 3.63) is 40.2 Å². The molecule has 1 aromatic heterocycles. The van der Waals surface area contributed by atoms with Crippen LogP contribution in [-0.2, 0) is 14.8 Å². The van der Waals surface area contributed by atoms with Gasteiger partial charge in [-0.05, 0) is 42.8 Å². The molecule has 0 saturated carbocycles. The number of hydrogen-bond acceptors (Lipinski definition) is 5. The van der Waals surface area contributed by atoms with E-state index in [1.54, 1.807) is 29.6 Å².